The summed E-state index contributed by atoms with van der Waals surface area (Å²) < 4.78 is 0. The van der Waals surface area contributed by atoms with Crippen molar-refractivity contribution < 1.29 is 4.79 Å². The van der Waals surface area contributed by atoms with Gasteiger partial charge in [0.2, 0.25) is 5.91 Å². The summed E-state index contributed by atoms with van der Waals surface area (Å²) in [6.45, 7) is 0. The fourth-order valence-corrected chi connectivity index (χ4v) is 2.03. The first-order valence-electron chi connectivity index (χ1n) is 5.07. The smallest absolute Gasteiger partial charge is 0.226 e. The molecule has 1 amide bonds. The van der Waals surface area contributed by atoms with Crippen LogP contribution in [-0.2, 0) is 4.79 Å². The third-order valence-corrected chi connectivity index (χ3v) is 2.78. The third-order valence-electron chi connectivity index (χ3n) is 2.78. The predicted octanol–water partition coefficient (Wildman–Crippen LogP) is 1.28. The van der Waals surface area contributed by atoms with Crippen molar-refractivity contribution in [3.05, 3.63) is 41.9 Å². The van der Waals surface area contributed by atoms with Gasteiger partial charge in [-0.15, -0.1) is 0 Å². The number of hydrogen-bond acceptors (Lipinski definition) is 3. The fourth-order valence-electron chi connectivity index (χ4n) is 2.03. The molecule has 1 unspecified atom stereocenters. The van der Waals surface area contributed by atoms with Crippen molar-refractivity contribution in [2.45, 2.75) is 12.3 Å². The van der Waals surface area contributed by atoms with Crippen molar-refractivity contribution in [1.29, 1.82) is 0 Å². The number of nitrogens with zero attached hydrogens (tertiary/aromatic N) is 2. The summed E-state index contributed by atoms with van der Waals surface area (Å²) in [6, 6.07) is 3.86. The van der Waals surface area contributed by atoms with Crippen LogP contribution in [0.2, 0.25) is 0 Å². The van der Waals surface area contributed by atoms with Gasteiger partial charge in [-0.2, -0.15) is 5.10 Å². The summed E-state index contributed by atoms with van der Waals surface area (Å²) >= 11 is 0. The van der Waals surface area contributed by atoms with Gasteiger partial charge in [-0.05, 0) is 11.6 Å². The number of amides is 1. The second kappa shape index (κ2) is 3.44. The quantitative estimate of drug-likeness (QED) is 0.751. The zero-order chi connectivity index (χ0) is 11.0. The molecule has 1 atom stereocenters. The van der Waals surface area contributed by atoms with Crippen LogP contribution in [0.3, 0.4) is 0 Å². The molecule has 16 heavy (non-hydrogen) atoms. The van der Waals surface area contributed by atoms with Crippen LogP contribution in [0.5, 0.6) is 0 Å². The number of hydrogen-bond donors (Lipinski definition) is 2. The summed E-state index contributed by atoms with van der Waals surface area (Å²) in [5, 5.41) is 9.50. The number of carbonyl (C=O) groups excluding carboxylic acids is 1. The Morgan fingerprint density at radius 1 is 1.38 bits per heavy atom. The predicted molar refractivity (Wildman–Crippen MR) is 57.9 cm³/mol. The first-order chi connectivity index (χ1) is 7.84. The Kier molecular flexibility index (Phi) is 1.96. The molecule has 0 spiro atoms. The van der Waals surface area contributed by atoms with E-state index in [1.54, 1.807) is 18.6 Å². The van der Waals surface area contributed by atoms with E-state index in [1.165, 1.54) is 0 Å². The van der Waals surface area contributed by atoms with Gasteiger partial charge >= 0.3 is 0 Å². The number of aromatic nitrogens is 3. The third kappa shape index (κ3) is 1.37. The van der Waals surface area contributed by atoms with Crippen LogP contribution in [0.25, 0.3) is 0 Å². The number of carbonyl (C=O) groups is 1. The zero-order valence-electron chi connectivity index (χ0n) is 8.47. The van der Waals surface area contributed by atoms with Gasteiger partial charge in [0.1, 0.15) is 5.82 Å². The molecule has 0 radical (unpaired) electrons. The molecule has 0 bridgehead atoms. The van der Waals surface area contributed by atoms with E-state index < -0.39 is 0 Å². The van der Waals surface area contributed by atoms with E-state index in [9.17, 15) is 4.79 Å². The maximum atomic E-state index is 11.5. The van der Waals surface area contributed by atoms with Crippen LogP contribution in [0.15, 0.2) is 30.7 Å². The number of pyridine rings is 1. The number of rotatable bonds is 1. The second-order valence-electron chi connectivity index (χ2n) is 3.79. The molecular weight excluding hydrogens is 204 g/mol. The van der Waals surface area contributed by atoms with E-state index >= 15 is 0 Å². The highest BCUT2D eigenvalue weighted by molar-refractivity contribution is 5.94. The van der Waals surface area contributed by atoms with Gasteiger partial charge in [0, 0.05) is 30.3 Å². The van der Waals surface area contributed by atoms with E-state index in [-0.39, 0.29) is 11.8 Å². The Morgan fingerprint density at radius 2 is 2.31 bits per heavy atom. The molecule has 3 rings (SSSR count). The van der Waals surface area contributed by atoms with Gasteiger partial charge in [0.15, 0.2) is 0 Å². The largest absolute Gasteiger partial charge is 0.311 e. The normalized spacial score (nSPS) is 19.0. The van der Waals surface area contributed by atoms with Gasteiger partial charge in [0.05, 0.1) is 6.20 Å². The van der Waals surface area contributed by atoms with E-state index in [4.69, 9.17) is 0 Å². The van der Waals surface area contributed by atoms with Crippen molar-refractivity contribution in [2.75, 3.05) is 5.32 Å². The molecule has 1 aliphatic heterocycles. The molecule has 2 aromatic rings. The summed E-state index contributed by atoms with van der Waals surface area (Å²) in [5.41, 5.74) is 2.06. The van der Waals surface area contributed by atoms with Crippen molar-refractivity contribution in [3.63, 3.8) is 0 Å². The van der Waals surface area contributed by atoms with E-state index in [0.717, 1.165) is 11.1 Å². The van der Waals surface area contributed by atoms with Crippen molar-refractivity contribution in [1.82, 2.24) is 15.2 Å². The lowest BCUT2D eigenvalue weighted by Gasteiger charge is -2.21. The summed E-state index contributed by atoms with van der Waals surface area (Å²) in [4.78, 5) is 15.6. The second-order valence-corrected chi connectivity index (χ2v) is 3.79. The molecule has 2 aromatic heterocycles. The number of fused-ring (bicyclic) bond motifs is 1. The molecule has 1 aliphatic rings. The number of aromatic amines is 1. The van der Waals surface area contributed by atoms with Crippen LogP contribution in [0.1, 0.15) is 23.5 Å². The molecule has 5 heteroatoms. The SMILES string of the molecule is O=C1CC(c2cccnc2)c2cn[nH]c2N1. The molecule has 0 saturated heterocycles. The van der Waals surface area contributed by atoms with Gasteiger partial charge in [0.25, 0.3) is 0 Å². The highest BCUT2D eigenvalue weighted by atomic mass is 16.1. The Bertz CT molecular complexity index is 520. The lowest BCUT2D eigenvalue weighted by atomic mass is 9.88. The minimum Gasteiger partial charge on any atom is -0.311 e. The molecule has 0 saturated carbocycles. The summed E-state index contributed by atoms with van der Waals surface area (Å²) in [7, 11) is 0. The molecule has 0 fully saturated rings. The Hall–Kier alpha value is -2.17. The van der Waals surface area contributed by atoms with E-state index in [2.05, 4.69) is 20.5 Å². The first kappa shape index (κ1) is 9.08. The molecule has 80 valence electrons. The average molecular weight is 214 g/mol. The van der Waals surface area contributed by atoms with Crippen molar-refractivity contribution in [3.8, 4) is 0 Å². The minimum atomic E-state index is 0.00519. The van der Waals surface area contributed by atoms with Crippen molar-refractivity contribution in [2.24, 2.45) is 0 Å². The zero-order valence-corrected chi connectivity index (χ0v) is 8.47. The lowest BCUT2D eigenvalue weighted by molar-refractivity contribution is -0.116. The van der Waals surface area contributed by atoms with Gasteiger partial charge in [-0.1, -0.05) is 6.07 Å². The van der Waals surface area contributed by atoms with Gasteiger partial charge < -0.3 is 5.32 Å². The molecule has 2 N–H and O–H groups in total. The molecular formula is C11H10N4O. The number of H-pyrrole nitrogens is 1. The van der Waals surface area contributed by atoms with E-state index in [0.29, 0.717) is 12.2 Å². The minimum absolute atomic E-state index is 0.00519. The maximum Gasteiger partial charge on any atom is 0.226 e. The maximum absolute atomic E-state index is 11.5. The van der Waals surface area contributed by atoms with Gasteiger partial charge in [-0.3, -0.25) is 14.9 Å². The number of nitrogens with one attached hydrogen (secondary N) is 2. The highest BCUT2D eigenvalue weighted by Crippen LogP contribution is 2.34. The standard InChI is InChI=1S/C11H10N4O/c16-10-4-8(7-2-1-3-12-5-7)9-6-13-15-11(9)14-10/h1-3,5-6,8H,4H2,(H2,13,14,15,16). The molecule has 0 aliphatic carbocycles. The van der Waals surface area contributed by atoms with Gasteiger partial charge in [-0.25, -0.2) is 0 Å². The van der Waals surface area contributed by atoms with Crippen molar-refractivity contribution >= 4 is 11.7 Å². The summed E-state index contributed by atoms with van der Waals surface area (Å²) in [6.07, 6.45) is 5.72. The van der Waals surface area contributed by atoms with Crippen LogP contribution in [-0.4, -0.2) is 21.1 Å². The number of anilines is 1. The lowest BCUT2D eigenvalue weighted by Crippen LogP contribution is -2.22. The first-order valence-corrected chi connectivity index (χ1v) is 5.07. The van der Waals surface area contributed by atoms with Crippen LogP contribution in [0, 0.1) is 0 Å². The fraction of sp³-hybridized carbons (Fsp3) is 0.182. The topological polar surface area (TPSA) is 70.7 Å². The Balaban J connectivity index is 2.07. The Labute approximate surface area is 91.9 Å². The van der Waals surface area contributed by atoms with Crippen LogP contribution in [0.4, 0.5) is 5.82 Å². The summed E-state index contributed by atoms with van der Waals surface area (Å²) in [5.74, 6) is 0.756. The van der Waals surface area contributed by atoms with E-state index in [1.807, 2.05) is 12.1 Å². The average Bonchev–Trinajstić information content (AvgIpc) is 2.77. The van der Waals surface area contributed by atoms with Crippen LogP contribution >= 0.6 is 0 Å². The molecule has 3 heterocycles. The monoisotopic (exact) mass is 214 g/mol. The Morgan fingerprint density at radius 3 is 3.12 bits per heavy atom. The van der Waals surface area contributed by atoms with Crippen LogP contribution < -0.4 is 5.32 Å². The highest BCUT2D eigenvalue weighted by Gasteiger charge is 2.27. The molecule has 5 nitrogen and oxygen atoms in total. The molecule has 0 aromatic carbocycles.